The van der Waals surface area contributed by atoms with E-state index in [9.17, 15) is 0 Å². The monoisotopic (exact) mass is 1060 g/mol. The van der Waals surface area contributed by atoms with E-state index < -0.39 is 0 Å². The Kier molecular flexibility index (Phi) is 11.4. The number of benzene rings is 9. The van der Waals surface area contributed by atoms with E-state index in [1.165, 1.54) is 116 Å². The van der Waals surface area contributed by atoms with E-state index in [1.807, 2.05) is 0 Å². The second-order valence-corrected chi connectivity index (χ2v) is 30.1. The number of hydrogen-bond donors (Lipinski definition) is 0. The fourth-order valence-electron chi connectivity index (χ4n) is 13.2. The zero-order valence-corrected chi connectivity index (χ0v) is 51.5. The molecule has 13 rings (SSSR count). The summed E-state index contributed by atoms with van der Waals surface area (Å²) in [6.45, 7) is 42.2. The molecular formula is C76H81BN4. The summed E-state index contributed by atoms with van der Waals surface area (Å²) in [7, 11) is 0. The van der Waals surface area contributed by atoms with Crippen molar-refractivity contribution in [2.24, 2.45) is 0 Å². The van der Waals surface area contributed by atoms with Crippen molar-refractivity contribution < 1.29 is 0 Å². The van der Waals surface area contributed by atoms with Gasteiger partial charge < -0.3 is 19.3 Å². The minimum atomic E-state index is -0.177. The summed E-state index contributed by atoms with van der Waals surface area (Å²) >= 11 is 0. The van der Waals surface area contributed by atoms with Crippen LogP contribution in [0.25, 0.3) is 38.3 Å². The first kappa shape index (κ1) is 52.9. The highest BCUT2D eigenvalue weighted by Crippen LogP contribution is 2.55. The number of aromatic nitrogens is 1. The van der Waals surface area contributed by atoms with E-state index >= 15 is 0 Å². The van der Waals surface area contributed by atoms with Crippen LogP contribution in [-0.4, -0.2) is 11.3 Å². The summed E-state index contributed by atoms with van der Waals surface area (Å²) in [5.41, 5.74) is 26.1. The van der Waals surface area contributed by atoms with Crippen LogP contribution >= 0.6 is 0 Å². The van der Waals surface area contributed by atoms with Gasteiger partial charge in [-0.15, -0.1) is 0 Å². The second-order valence-electron chi connectivity index (χ2n) is 30.1. The average Bonchev–Trinajstić information content (AvgIpc) is 1.90. The third kappa shape index (κ3) is 8.45. The first-order valence-electron chi connectivity index (χ1n) is 29.7. The van der Waals surface area contributed by atoms with Gasteiger partial charge in [0, 0.05) is 50.6 Å². The number of rotatable bonds is 4. The summed E-state index contributed by atoms with van der Waals surface area (Å²) in [5, 5.41) is 5.09. The fourth-order valence-corrected chi connectivity index (χ4v) is 13.2. The zero-order valence-electron chi connectivity index (χ0n) is 51.5. The molecule has 0 bridgehead atoms. The van der Waals surface area contributed by atoms with Gasteiger partial charge in [-0.2, -0.15) is 0 Å². The lowest BCUT2D eigenvalue weighted by molar-refractivity contribution is 0.589. The van der Waals surface area contributed by atoms with Crippen LogP contribution in [-0.2, 0) is 32.5 Å². The minimum Gasteiger partial charge on any atom is -0.311 e. The maximum Gasteiger partial charge on any atom is 0.252 e. The molecule has 408 valence electrons. The molecule has 0 unspecified atom stereocenters. The summed E-state index contributed by atoms with van der Waals surface area (Å²) in [4.78, 5) is 7.84. The molecule has 3 aliphatic heterocycles. The lowest BCUT2D eigenvalue weighted by Gasteiger charge is -2.47. The van der Waals surface area contributed by atoms with Crippen LogP contribution in [0.5, 0.6) is 0 Å². The van der Waals surface area contributed by atoms with Gasteiger partial charge in [0.15, 0.2) is 0 Å². The van der Waals surface area contributed by atoms with Crippen LogP contribution in [0.4, 0.5) is 51.2 Å². The lowest BCUT2D eigenvalue weighted by atomic mass is 9.33. The average molecular weight is 1060 g/mol. The van der Waals surface area contributed by atoms with Gasteiger partial charge in [-0.05, 0) is 184 Å². The number of nitrogens with zero attached hydrogens (tertiary/aromatic N) is 4. The van der Waals surface area contributed by atoms with Crippen molar-refractivity contribution in [1.82, 2.24) is 4.57 Å². The molecule has 5 heteroatoms. The van der Waals surface area contributed by atoms with Crippen molar-refractivity contribution in [2.45, 2.75) is 157 Å². The summed E-state index contributed by atoms with van der Waals surface area (Å²) in [5.74, 6) is 0. The molecule has 9 aromatic carbocycles. The third-order valence-electron chi connectivity index (χ3n) is 18.1. The molecule has 0 amide bonds. The summed E-state index contributed by atoms with van der Waals surface area (Å²) in [6, 6.07) is 64.6. The van der Waals surface area contributed by atoms with Crippen molar-refractivity contribution >= 4 is 107 Å². The van der Waals surface area contributed by atoms with Gasteiger partial charge in [0.05, 0.1) is 28.1 Å². The first-order valence-corrected chi connectivity index (χ1v) is 29.7. The van der Waals surface area contributed by atoms with Crippen molar-refractivity contribution in [1.29, 1.82) is 0 Å². The minimum absolute atomic E-state index is 0.0111. The Hall–Kier alpha value is -7.50. The fraction of sp³-hybridized carbons (Fsp3) is 0.316. The molecule has 0 saturated heterocycles. The van der Waals surface area contributed by atoms with Crippen LogP contribution in [0.1, 0.15) is 158 Å². The van der Waals surface area contributed by atoms with Crippen LogP contribution in [0.2, 0.25) is 0 Å². The Morgan fingerprint density at radius 2 is 0.815 bits per heavy atom. The standard InChI is InChI=1S/C76H81BN4/c1-71(2,3)48-24-30-54(31-25-48)78(55-32-26-49(27-33-55)72(4,5)6)57-34-35-60-63(45-57)79(56-29-23-46-21-19-20-22-47(46)37-56)64-41-53(76(16,17)18)42-65-68(64)77(60)61-40-52(75(13,14)15)44-67-70(61)81(65)66-43-51(74(10,11)12)39-59-58-38-50(73(7,8)9)28-36-62(58)80(67)69(59)66/h19-45H,1-18H3. The number of anilines is 9. The number of fused-ring (bicyclic) bond motifs is 10. The maximum atomic E-state index is 2.73. The van der Waals surface area contributed by atoms with Gasteiger partial charge in [-0.1, -0.05) is 197 Å². The molecule has 81 heavy (non-hydrogen) atoms. The molecule has 4 heterocycles. The SMILES string of the molecule is CC(C)(C)c1ccc(N(c2ccc(C(C)(C)C)cc2)c2ccc3c(c2)N(c2ccc4ccccc4c2)c2cc(C(C)(C)C)cc4c2B3c2cc(C(C)(C)C)cc3c2N4c2cc(C(C)(C)C)cc4c5cc(C(C)(C)C)ccc5n-3c24)cc1. The van der Waals surface area contributed by atoms with Gasteiger partial charge >= 0.3 is 0 Å². The summed E-state index contributed by atoms with van der Waals surface area (Å²) in [6.07, 6.45) is 0. The normalized spacial score (nSPS) is 14.2. The first-order chi connectivity index (χ1) is 37.9. The van der Waals surface area contributed by atoms with Gasteiger partial charge in [-0.25, -0.2) is 0 Å². The lowest BCUT2D eigenvalue weighted by Crippen LogP contribution is -2.62. The molecule has 4 nitrogen and oxygen atoms in total. The molecule has 0 N–H and O–H groups in total. The predicted molar refractivity (Wildman–Crippen MR) is 353 cm³/mol. The van der Waals surface area contributed by atoms with Gasteiger partial charge in [0.2, 0.25) is 0 Å². The molecule has 0 fully saturated rings. The van der Waals surface area contributed by atoms with Crippen molar-refractivity contribution in [2.75, 3.05) is 14.7 Å². The summed E-state index contributed by atoms with van der Waals surface area (Å²) < 4.78 is 2.66. The predicted octanol–water partition coefficient (Wildman–Crippen LogP) is 19.6. The van der Waals surface area contributed by atoms with E-state index in [0.717, 1.165) is 22.7 Å². The molecular weight excluding hydrogens is 980 g/mol. The Labute approximate surface area is 483 Å². The molecule has 0 radical (unpaired) electrons. The Morgan fingerprint density at radius 3 is 1.40 bits per heavy atom. The zero-order chi connectivity index (χ0) is 57.4. The molecule has 10 aromatic rings. The molecule has 0 spiro atoms. The Balaban J connectivity index is 1.16. The quantitative estimate of drug-likeness (QED) is 0.163. The van der Waals surface area contributed by atoms with Gasteiger partial charge in [0.25, 0.3) is 6.71 Å². The van der Waals surface area contributed by atoms with E-state index in [-0.39, 0.29) is 39.2 Å². The highest BCUT2D eigenvalue weighted by atomic mass is 15.2. The highest BCUT2D eigenvalue weighted by Gasteiger charge is 2.48. The van der Waals surface area contributed by atoms with Crippen molar-refractivity contribution in [3.8, 4) is 5.69 Å². The molecule has 0 aliphatic carbocycles. The highest BCUT2D eigenvalue weighted by molar-refractivity contribution is 7.00. The number of hydrogen-bond acceptors (Lipinski definition) is 3. The van der Waals surface area contributed by atoms with Gasteiger partial charge in [0.1, 0.15) is 0 Å². The van der Waals surface area contributed by atoms with E-state index in [4.69, 9.17) is 0 Å². The van der Waals surface area contributed by atoms with E-state index in [0.29, 0.717) is 0 Å². The third-order valence-corrected chi connectivity index (χ3v) is 18.1. The van der Waals surface area contributed by atoms with Crippen LogP contribution in [0.3, 0.4) is 0 Å². The second kappa shape index (κ2) is 17.5. The van der Waals surface area contributed by atoms with Crippen LogP contribution in [0, 0.1) is 0 Å². The van der Waals surface area contributed by atoms with Crippen molar-refractivity contribution in [3.63, 3.8) is 0 Å². The maximum absolute atomic E-state index is 2.73. The van der Waals surface area contributed by atoms with Crippen LogP contribution < -0.4 is 31.1 Å². The molecule has 3 aliphatic rings. The van der Waals surface area contributed by atoms with Crippen molar-refractivity contribution in [3.05, 3.63) is 197 Å². The molecule has 1 aromatic heterocycles. The van der Waals surface area contributed by atoms with Gasteiger partial charge in [-0.3, -0.25) is 0 Å². The molecule has 0 saturated carbocycles. The topological polar surface area (TPSA) is 14.7 Å². The Bertz CT molecular complexity index is 4170. The molecule has 0 atom stereocenters. The van der Waals surface area contributed by atoms with E-state index in [1.54, 1.807) is 0 Å². The van der Waals surface area contributed by atoms with Crippen LogP contribution in [0.15, 0.2) is 164 Å². The Morgan fingerprint density at radius 1 is 0.333 bits per heavy atom. The smallest absolute Gasteiger partial charge is 0.252 e. The largest absolute Gasteiger partial charge is 0.311 e. The van der Waals surface area contributed by atoms with E-state index in [2.05, 4.69) is 308 Å².